The molecule has 3 saturated heterocycles. The Morgan fingerprint density at radius 1 is 1.04 bits per heavy atom. The second-order valence-corrected chi connectivity index (χ2v) is 8.14. The zero-order valence-electron chi connectivity index (χ0n) is 15.3. The van der Waals surface area contributed by atoms with Crippen molar-refractivity contribution in [2.75, 3.05) is 19.6 Å². The number of nitrogens with zero attached hydrogens (tertiary/aromatic N) is 3. The first-order chi connectivity index (χ1) is 13.2. The molecule has 0 unspecified atom stereocenters. The van der Waals surface area contributed by atoms with E-state index in [1.807, 2.05) is 4.90 Å². The zero-order chi connectivity index (χ0) is 18.4. The normalized spacial score (nSPS) is 25.4. The number of benzene rings is 1. The second kappa shape index (κ2) is 6.60. The molecule has 1 amide bonds. The first-order valence-corrected chi connectivity index (χ1v) is 9.84. The number of rotatable bonds is 2. The Hall–Kier alpha value is -2.47. The van der Waals surface area contributed by atoms with E-state index in [0.29, 0.717) is 17.7 Å². The van der Waals surface area contributed by atoms with E-state index in [4.69, 9.17) is 0 Å². The van der Waals surface area contributed by atoms with Gasteiger partial charge in [-0.25, -0.2) is 4.98 Å². The number of hydrogen-bond donors (Lipinski definition) is 1. The topological polar surface area (TPSA) is 69.3 Å². The van der Waals surface area contributed by atoms with Crippen LogP contribution < -0.4 is 5.56 Å². The van der Waals surface area contributed by atoms with Crippen LogP contribution in [0.4, 0.5) is 0 Å². The first-order valence-electron chi connectivity index (χ1n) is 9.84. The Kier molecular flexibility index (Phi) is 4.08. The molecule has 3 fully saturated rings. The van der Waals surface area contributed by atoms with Gasteiger partial charge in [-0.3, -0.25) is 14.5 Å². The molecule has 2 atom stereocenters. The number of hydrogen-bond acceptors (Lipinski definition) is 4. The average molecular weight is 364 g/mol. The number of fused-ring (bicyclic) bond motifs is 5. The van der Waals surface area contributed by atoms with E-state index >= 15 is 0 Å². The molecule has 27 heavy (non-hydrogen) atoms. The van der Waals surface area contributed by atoms with E-state index < -0.39 is 0 Å². The molecule has 2 aromatic rings. The van der Waals surface area contributed by atoms with Gasteiger partial charge in [0.15, 0.2) is 0 Å². The fourth-order valence-electron chi connectivity index (χ4n) is 5.07. The van der Waals surface area contributed by atoms with Crippen LogP contribution in [0.15, 0.2) is 41.5 Å². The molecule has 0 saturated carbocycles. The molecule has 3 aliphatic heterocycles. The number of piperidine rings is 1. The summed E-state index contributed by atoms with van der Waals surface area (Å²) >= 11 is 0. The second-order valence-electron chi connectivity index (χ2n) is 8.14. The Labute approximate surface area is 158 Å². The summed E-state index contributed by atoms with van der Waals surface area (Å²) in [5.41, 5.74) is 3.01. The summed E-state index contributed by atoms with van der Waals surface area (Å²) in [6.07, 6.45) is 7.09. The monoisotopic (exact) mass is 364 g/mol. The third-order valence-corrected chi connectivity index (χ3v) is 6.44. The number of carbonyl (C=O) groups excluding carboxylic acids is 1. The van der Waals surface area contributed by atoms with Crippen LogP contribution in [0, 0.1) is 5.92 Å². The maximum absolute atomic E-state index is 13.0. The molecular weight excluding hydrogens is 340 g/mol. The number of aromatic amines is 1. The van der Waals surface area contributed by atoms with Crippen molar-refractivity contribution in [1.82, 2.24) is 19.8 Å². The van der Waals surface area contributed by atoms with Crippen molar-refractivity contribution in [3.63, 3.8) is 0 Å². The lowest BCUT2D eigenvalue weighted by atomic mass is 9.94. The minimum atomic E-state index is -0.282. The van der Waals surface area contributed by atoms with Gasteiger partial charge in [-0.2, -0.15) is 0 Å². The zero-order valence-corrected chi connectivity index (χ0v) is 15.3. The number of amides is 1. The van der Waals surface area contributed by atoms with Crippen molar-refractivity contribution in [2.24, 2.45) is 5.92 Å². The fraction of sp³-hybridized carbons (Fsp3) is 0.476. The van der Waals surface area contributed by atoms with Crippen molar-refractivity contribution < 1.29 is 4.79 Å². The lowest BCUT2D eigenvalue weighted by Crippen LogP contribution is -2.48. The van der Waals surface area contributed by atoms with Crippen LogP contribution in [-0.4, -0.2) is 57.4 Å². The van der Waals surface area contributed by atoms with Crippen LogP contribution in [0.5, 0.6) is 0 Å². The van der Waals surface area contributed by atoms with E-state index in [9.17, 15) is 9.59 Å². The minimum absolute atomic E-state index is 0.0579. The molecule has 1 N–H and O–H groups in total. The lowest BCUT2D eigenvalue weighted by molar-refractivity contribution is 0.0575. The minimum Gasteiger partial charge on any atom is -0.333 e. The predicted octanol–water partition coefficient (Wildman–Crippen LogP) is 1.47. The molecule has 1 aromatic heterocycles. The molecule has 4 aliphatic rings. The standard InChI is InChI=1S/C21H24N4O2/c26-20-10-22-19(9-23-20)21(27)25-12-14-5-6-17(25)13-24(11-14)18-7-15-3-1-2-4-16(15)8-18/h1-4,9-10,14,17-18H,5-8,11-13H2,(H,23,26)/t14-,17+/m0/s1. The van der Waals surface area contributed by atoms with Crippen molar-refractivity contribution in [3.8, 4) is 0 Å². The molecule has 0 radical (unpaired) electrons. The van der Waals surface area contributed by atoms with E-state index in [1.54, 1.807) is 0 Å². The van der Waals surface area contributed by atoms with E-state index in [0.717, 1.165) is 38.9 Å². The highest BCUT2D eigenvalue weighted by atomic mass is 16.2. The Morgan fingerprint density at radius 3 is 2.52 bits per heavy atom. The molecule has 140 valence electrons. The number of aromatic nitrogens is 2. The Bertz CT molecular complexity index is 879. The van der Waals surface area contributed by atoms with Gasteiger partial charge in [0.05, 0.1) is 6.20 Å². The van der Waals surface area contributed by atoms with E-state index in [-0.39, 0.29) is 17.5 Å². The molecule has 1 aromatic carbocycles. The maximum atomic E-state index is 13.0. The molecule has 6 rings (SSSR count). The molecule has 2 bridgehead atoms. The molecule has 6 heteroatoms. The van der Waals surface area contributed by atoms with Crippen molar-refractivity contribution >= 4 is 5.91 Å². The van der Waals surface area contributed by atoms with Crippen LogP contribution in [0.25, 0.3) is 0 Å². The van der Waals surface area contributed by atoms with Crippen LogP contribution in [0.3, 0.4) is 0 Å². The summed E-state index contributed by atoms with van der Waals surface area (Å²) in [6, 6.07) is 9.54. The van der Waals surface area contributed by atoms with Gasteiger partial charge in [0, 0.05) is 37.9 Å². The number of carbonyl (C=O) groups is 1. The predicted molar refractivity (Wildman–Crippen MR) is 102 cm³/mol. The summed E-state index contributed by atoms with van der Waals surface area (Å²) in [5.74, 6) is 0.455. The van der Waals surface area contributed by atoms with Gasteiger partial charge in [-0.15, -0.1) is 0 Å². The van der Waals surface area contributed by atoms with Crippen LogP contribution in [0.1, 0.15) is 34.5 Å². The third-order valence-electron chi connectivity index (χ3n) is 6.44. The smallest absolute Gasteiger partial charge is 0.274 e. The van der Waals surface area contributed by atoms with Gasteiger partial charge in [-0.1, -0.05) is 24.3 Å². The van der Waals surface area contributed by atoms with Gasteiger partial charge < -0.3 is 9.88 Å². The summed E-state index contributed by atoms with van der Waals surface area (Å²) in [5, 5.41) is 0. The lowest BCUT2D eigenvalue weighted by Gasteiger charge is -2.36. The largest absolute Gasteiger partial charge is 0.333 e. The molecule has 1 aliphatic carbocycles. The summed E-state index contributed by atoms with van der Waals surface area (Å²) in [7, 11) is 0. The van der Waals surface area contributed by atoms with Crippen molar-refractivity contribution in [2.45, 2.75) is 37.8 Å². The van der Waals surface area contributed by atoms with E-state index in [1.165, 1.54) is 29.9 Å². The van der Waals surface area contributed by atoms with Crippen molar-refractivity contribution in [1.29, 1.82) is 0 Å². The van der Waals surface area contributed by atoms with E-state index in [2.05, 4.69) is 39.1 Å². The van der Waals surface area contributed by atoms with Gasteiger partial charge in [0.2, 0.25) is 0 Å². The SMILES string of the molecule is O=C(c1c[nH]c(=O)cn1)N1C[C@H]2CC[C@@H]1CN(C1Cc3ccccc3C1)C2. The first kappa shape index (κ1) is 16.7. The summed E-state index contributed by atoms with van der Waals surface area (Å²) in [6.45, 7) is 2.79. The molecule has 4 heterocycles. The highest BCUT2D eigenvalue weighted by Crippen LogP contribution is 2.33. The molecular formula is C21H24N4O2. The van der Waals surface area contributed by atoms with Gasteiger partial charge >= 0.3 is 0 Å². The quantitative estimate of drug-likeness (QED) is 0.876. The average Bonchev–Trinajstić information content (AvgIpc) is 2.91. The highest BCUT2D eigenvalue weighted by molar-refractivity contribution is 5.92. The summed E-state index contributed by atoms with van der Waals surface area (Å²) in [4.78, 5) is 35.4. The van der Waals surface area contributed by atoms with Crippen LogP contribution in [-0.2, 0) is 12.8 Å². The van der Waals surface area contributed by atoms with Gasteiger partial charge in [0.25, 0.3) is 11.5 Å². The highest BCUT2D eigenvalue weighted by Gasteiger charge is 2.40. The number of H-pyrrole nitrogens is 1. The molecule has 0 spiro atoms. The van der Waals surface area contributed by atoms with Crippen LogP contribution in [0.2, 0.25) is 0 Å². The molecule has 6 nitrogen and oxygen atoms in total. The van der Waals surface area contributed by atoms with Crippen LogP contribution >= 0.6 is 0 Å². The fourth-order valence-corrected chi connectivity index (χ4v) is 5.07. The number of nitrogens with one attached hydrogen (secondary N) is 1. The maximum Gasteiger partial charge on any atom is 0.274 e. The third kappa shape index (κ3) is 3.08. The Balaban J connectivity index is 1.34. The summed E-state index contributed by atoms with van der Waals surface area (Å²) < 4.78 is 0. The Morgan fingerprint density at radius 2 is 1.81 bits per heavy atom. The van der Waals surface area contributed by atoms with Gasteiger partial charge in [0.1, 0.15) is 5.69 Å². The van der Waals surface area contributed by atoms with Crippen molar-refractivity contribution in [3.05, 3.63) is 63.8 Å². The van der Waals surface area contributed by atoms with Gasteiger partial charge in [-0.05, 0) is 42.7 Å².